The zero-order valence-electron chi connectivity index (χ0n) is 12.8. The molecular weight excluding hydrogens is 305 g/mol. The molecule has 0 spiro atoms. The van der Waals surface area contributed by atoms with Gasteiger partial charge in [-0.1, -0.05) is 11.6 Å². The summed E-state index contributed by atoms with van der Waals surface area (Å²) < 4.78 is 13.2. The van der Waals surface area contributed by atoms with Gasteiger partial charge in [0.2, 0.25) is 5.95 Å². The number of anilines is 3. The third kappa shape index (κ3) is 4.82. The molecular formula is C15H19ClFN5. The summed E-state index contributed by atoms with van der Waals surface area (Å²) in [7, 11) is 4.02. The van der Waals surface area contributed by atoms with Gasteiger partial charge in [0.05, 0.1) is 5.02 Å². The summed E-state index contributed by atoms with van der Waals surface area (Å²) in [5.74, 6) is 0.725. The minimum absolute atomic E-state index is 0.0574. The van der Waals surface area contributed by atoms with Crippen molar-refractivity contribution >= 4 is 29.1 Å². The predicted octanol–water partition coefficient (Wildman–Crippen LogP) is 3.29. The number of hydrogen-bond acceptors (Lipinski definition) is 5. The van der Waals surface area contributed by atoms with Crippen LogP contribution < -0.4 is 10.6 Å². The van der Waals surface area contributed by atoms with Gasteiger partial charge in [0.1, 0.15) is 11.6 Å². The third-order valence-electron chi connectivity index (χ3n) is 2.90. The zero-order valence-corrected chi connectivity index (χ0v) is 13.6. The minimum Gasteiger partial charge on any atom is -0.369 e. The standard InChI is InChI=1S/C15H19ClFN5/c1-10-8-14(18-6-7-22(2)3)21-15(19-10)20-11-4-5-13(17)12(16)9-11/h4-5,8-9H,6-7H2,1-3H3,(H2,18,19,20,21). The summed E-state index contributed by atoms with van der Waals surface area (Å²) in [5, 5.41) is 6.33. The zero-order chi connectivity index (χ0) is 16.1. The van der Waals surface area contributed by atoms with E-state index in [-0.39, 0.29) is 5.02 Å². The normalized spacial score (nSPS) is 10.8. The van der Waals surface area contributed by atoms with Crippen LogP contribution >= 0.6 is 11.6 Å². The number of halogens is 2. The lowest BCUT2D eigenvalue weighted by atomic mass is 10.3. The summed E-state index contributed by atoms with van der Waals surface area (Å²) in [6, 6.07) is 6.27. The van der Waals surface area contributed by atoms with Crippen LogP contribution in [-0.2, 0) is 0 Å². The smallest absolute Gasteiger partial charge is 0.229 e. The van der Waals surface area contributed by atoms with Gasteiger partial charge in [-0.3, -0.25) is 0 Å². The fraction of sp³-hybridized carbons (Fsp3) is 0.333. The number of benzene rings is 1. The summed E-state index contributed by atoms with van der Waals surface area (Å²) in [5.41, 5.74) is 1.47. The molecule has 0 aliphatic rings. The third-order valence-corrected chi connectivity index (χ3v) is 3.18. The second-order valence-electron chi connectivity index (χ2n) is 5.20. The second-order valence-corrected chi connectivity index (χ2v) is 5.61. The molecule has 118 valence electrons. The first-order valence-corrected chi connectivity index (χ1v) is 7.28. The van der Waals surface area contributed by atoms with Crippen molar-refractivity contribution in [3.8, 4) is 0 Å². The number of hydrogen-bond donors (Lipinski definition) is 2. The fourth-order valence-electron chi connectivity index (χ4n) is 1.83. The molecule has 5 nitrogen and oxygen atoms in total. The van der Waals surface area contributed by atoms with Gasteiger partial charge >= 0.3 is 0 Å². The van der Waals surface area contributed by atoms with Crippen molar-refractivity contribution in [2.45, 2.75) is 6.92 Å². The van der Waals surface area contributed by atoms with Crippen LogP contribution in [-0.4, -0.2) is 42.1 Å². The van der Waals surface area contributed by atoms with Crippen molar-refractivity contribution in [2.24, 2.45) is 0 Å². The number of likely N-dealkylation sites (N-methyl/N-ethyl adjacent to an activating group) is 1. The first-order valence-electron chi connectivity index (χ1n) is 6.90. The number of aryl methyl sites for hydroxylation is 1. The number of nitrogens with zero attached hydrogens (tertiary/aromatic N) is 3. The van der Waals surface area contributed by atoms with Gasteiger partial charge in [0.15, 0.2) is 0 Å². The van der Waals surface area contributed by atoms with E-state index in [2.05, 4.69) is 25.5 Å². The average Bonchev–Trinajstić information content (AvgIpc) is 2.42. The molecule has 1 heterocycles. The second kappa shape index (κ2) is 7.38. The van der Waals surface area contributed by atoms with E-state index in [1.165, 1.54) is 12.1 Å². The first-order chi connectivity index (χ1) is 10.4. The Morgan fingerprint density at radius 1 is 1.23 bits per heavy atom. The van der Waals surface area contributed by atoms with Crippen LogP contribution in [0, 0.1) is 12.7 Å². The van der Waals surface area contributed by atoms with Crippen molar-refractivity contribution in [2.75, 3.05) is 37.8 Å². The van der Waals surface area contributed by atoms with Gasteiger partial charge in [-0.05, 0) is 39.2 Å². The first kappa shape index (κ1) is 16.5. The Morgan fingerprint density at radius 2 is 2.00 bits per heavy atom. The lowest BCUT2D eigenvalue weighted by Gasteiger charge is -2.12. The molecule has 7 heteroatoms. The molecule has 0 fully saturated rings. The molecule has 0 saturated heterocycles. The fourth-order valence-corrected chi connectivity index (χ4v) is 2.01. The van der Waals surface area contributed by atoms with Gasteiger partial charge < -0.3 is 15.5 Å². The van der Waals surface area contributed by atoms with Crippen LogP contribution in [0.5, 0.6) is 0 Å². The Bertz CT molecular complexity index is 648. The largest absolute Gasteiger partial charge is 0.369 e. The van der Waals surface area contributed by atoms with Crippen LogP contribution in [0.1, 0.15) is 5.69 Å². The van der Waals surface area contributed by atoms with Gasteiger partial charge in [-0.25, -0.2) is 9.37 Å². The van der Waals surface area contributed by atoms with Crippen LogP contribution in [0.3, 0.4) is 0 Å². The number of rotatable bonds is 6. The monoisotopic (exact) mass is 323 g/mol. The van der Waals surface area contributed by atoms with E-state index in [9.17, 15) is 4.39 Å². The quantitative estimate of drug-likeness (QED) is 0.854. The highest BCUT2D eigenvalue weighted by Gasteiger charge is 2.05. The van der Waals surface area contributed by atoms with E-state index in [1.54, 1.807) is 6.07 Å². The Balaban J connectivity index is 2.10. The molecule has 2 aromatic rings. The average molecular weight is 324 g/mol. The SMILES string of the molecule is Cc1cc(NCCN(C)C)nc(Nc2ccc(F)c(Cl)c2)n1. The maximum Gasteiger partial charge on any atom is 0.229 e. The summed E-state index contributed by atoms with van der Waals surface area (Å²) in [6.07, 6.45) is 0. The molecule has 1 aromatic heterocycles. The van der Waals surface area contributed by atoms with Crippen molar-refractivity contribution in [1.82, 2.24) is 14.9 Å². The van der Waals surface area contributed by atoms with E-state index in [0.717, 1.165) is 24.6 Å². The van der Waals surface area contributed by atoms with E-state index in [0.29, 0.717) is 11.6 Å². The summed E-state index contributed by atoms with van der Waals surface area (Å²) in [4.78, 5) is 10.8. The summed E-state index contributed by atoms with van der Waals surface area (Å²) >= 11 is 5.77. The van der Waals surface area contributed by atoms with E-state index < -0.39 is 5.82 Å². The Labute approximate surface area is 134 Å². The lowest BCUT2D eigenvalue weighted by Crippen LogP contribution is -2.21. The molecule has 0 radical (unpaired) electrons. The van der Waals surface area contributed by atoms with Crippen LogP contribution in [0.15, 0.2) is 24.3 Å². The highest BCUT2D eigenvalue weighted by atomic mass is 35.5. The highest BCUT2D eigenvalue weighted by Crippen LogP contribution is 2.22. The van der Waals surface area contributed by atoms with Crippen molar-refractivity contribution in [3.05, 3.63) is 40.8 Å². The Hall–Kier alpha value is -1.92. The maximum absolute atomic E-state index is 13.2. The van der Waals surface area contributed by atoms with Crippen molar-refractivity contribution in [3.63, 3.8) is 0 Å². The molecule has 22 heavy (non-hydrogen) atoms. The molecule has 0 atom stereocenters. The van der Waals surface area contributed by atoms with E-state index in [4.69, 9.17) is 11.6 Å². The van der Waals surface area contributed by atoms with Crippen LogP contribution in [0.2, 0.25) is 5.02 Å². The molecule has 0 amide bonds. The van der Waals surface area contributed by atoms with Crippen LogP contribution in [0.25, 0.3) is 0 Å². The molecule has 0 aliphatic heterocycles. The molecule has 2 N–H and O–H groups in total. The van der Waals surface area contributed by atoms with E-state index >= 15 is 0 Å². The van der Waals surface area contributed by atoms with E-state index in [1.807, 2.05) is 27.1 Å². The Kier molecular flexibility index (Phi) is 5.51. The topological polar surface area (TPSA) is 53.1 Å². The van der Waals surface area contributed by atoms with Crippen LogP contribution in [0.4, 0.5) is 21.8 Å². The maximum atomic E-state index is 13.2. The van der Waals surface area contributed by atoms with Crippen molar-refractivity contribution < 1.29 is 4.39 Å². The predicted molar refractivity (Wildman–Crippen MR) is 88.5 cm³/mol. The van der Waals surface area contributed by atoms with Gasteiger partial charge in [0, 0.05) is 30.5 Å². The van der Waals surface area contributed by atoms with Gasteiger partial charge in [-0.2, -0.15) is 4.98 Å². The molecule has 0 bridgehead atoms. The molecule has 2 rings (SSSR count). The minimum atomic E-state index is -0.455. The summed E-state index contributed by atoms with van der Waals surface area (Å²) in [6.45, 7) is 3.58. The van der Waals surface area contributed by atoms with Crippen molar-refractivity contribution in [1.29, 1.82) is 0 Å². The van der Waals surface area contributed by atoms with Gasteiger partial charge in [-0.15, -0.1) is 0 Å². The lowest BCUT2D eigenvalue weighted by molar-refractivity contribution is 0.425. The molecule has 0 aliphatic carbocycles. The molecule has 0 unspecified atom stereocenters. The highest BCUT2D eigenvalue weighted by molar-refractivity contribution is 6.31. The Morgan fingerprint density at radius 3 is 2.68 bits per heavy atom. The molecule has 0 saturated carbocycles. The van der Waals surface area contributed by atoms with Gasteiger partial charge in [0.25, 0.3) is 0 Å². The molecule has 1 aromatic carbocycles. The number of nitrogens with one attached hydrogen (secondary N) is 2. The number of aromatic nitrogens is 2.